The second-order valence-electron chi connectivity index (χ2n) is 4.66. The van der Waals surface area contributed by atoms with Crippen LogP contribution in [0.4, 0.5) is 0 Å². The third-order valence-corrected chi connectivity index (χ3v) is 3.34. The Morgan fingerprint density at radius 1 is 1.42 bits per heavy atom. The predicted octanol–water partition coefficient (Wildman–Crippen LogP) is 1.84. The lowest BCUT2D eigenvalue weighted by molar-refractivity contribution is -0.141. The molecule has 0 saturated carbocycles. The van der Waals surface area contributed by atoms with Crippen molar-refractivity contribution >= 4 is 5.97 Å². The van der Waals surface area contributed by atoms with Gasteiger partial charge in [-0.15, -0.1) is 0 Å². The first kappa shape index (κ1) is 15.7. The molecule has 106 valence electrons. The van der Waals surface area contributed by atoms with Gasteiger partial charge in [-0.1, -0.05) is 25.1 Å². The Labute approximate surface area is 115 Å². The Morgan fingerprint density at radius 2 is 2.16 bits per heavy atom. The fourth-order valence-corrected chi connectivity index (χ4v) is 2.00. The van der Waals surface area contributed by atoms with E-state index in [1.54, 1.807) is 0 Å². The van der Waals surface area contributed by atoms with Gasteiger partial charge in [0.1, 0.15) is 0 Å². The van der Waals surface area contributed by atoms with E-state index in [4.69, 9.17) is 5.73 Å². The number of benzene rings is 1. The van der Waals surface area contributed by atoms with Crippen molar-refractivity contribution in [3.8, 4) is 0 Å². The Morgan fingerprint density at radius 3 is 2.68 bits per heavy atom. The predicted molar refractivity (Wildman–Crippen MR) is 76.7 cm³/mol. The molecule has 1 aromatic rings. The summed E-state index contributed by atoms with van der Waals surface area (Å²) in [7, 11) is 1.42. The van der Waals surface area contributed by atoms with Crippen molar-refractivity contribution in [3.05, 3.63) is 34.9 Å². The summed E-state index contributed by atoms with van der Waals surface area (Å²) in [6, 6.07) is 6.32. The summed E-state index contributed by atoms with van der Waals surface area (Å²) in [4.78, 5) is 13.4. The van der Waals surface area contributed by atoms with Crippen LogP contribution >= 0.6 is 0 Å². The van der Waals surface area contributed by atoms with Crippen molar-refractivity contribution < 1.29 is 9.53 Å². The molecule has 2 N–H and O–H groups in total. The summed E-state index contributed by atoms with van der Waals surface area (Å²) in [6.45, 7) is 7.25. The van der Waals surface area contributed by atoms with Crippen molar-refractivity contribution in [3.63, 3.8) is 0 Å². The van der Waals surface area contributed by atoms with E-state index in [0.29, 0.717) is 13.0 Å². The number of methoxy groups -OCH3 is 1. The average molecular weight is 264 g/mol. The number of carbonyl (C=O) groups excluding carboxylic acids is 1. The molecule has 0 saturated heterocycles. The van der Waals surface area contributed by atoms with Crippen LogP contribution in [0, 0.1) is 6.92 Å². The minimum absolute atomic E-state index is 0.159. The summed E-state index contributed by atoms with van der Waals surface area (Å²) < 4.78 is 4.67. The van der Waals surface area contributed by atoms with Crippen molar-refractivity contribution in [2.24, 2.45) is 5.73 Å². The van der Waals surface area contributed by atoms with Crippen molar-refractivity contribution in [1.82, 2.24) is 4.90 Å². The molecule has 0 spiro atoms. The van der Waals surface area contributed by atoms with Crippen molar-refractivity contribution in [1.29, 1.82) is 0 Å². The van der Waals surface area contributed by atoms with Gasteiger partial charge in [0.2, 0.25) is 0 Å². The third kappa shape index (κ3) is 5.01. The number of carbonyl (C=O) groups is 1. The molecule has 4 heteroatoms. The zero-order valence-corrected chi connectivity index (χ0v) is 12.1. The van der Waals surface area contributed by atoms with Crippen molar-refractivity contribution in [2.45, 2.75) is 33.4 Å². The highest BCUT2D eigenvalue weighted by molar-refractivity contribution is 5.69. The van der Waals surface area contributed by atoms with E-state index in [1.165, 1.54) is 18.2 Å². The maximum atomic E-state index is 11.2. The molecule has 0 heterocycles. The monoisotopic (exact) mass is 264 g/mol. The van der Waals surface area contributed by atoms with E-state index in [2.05, 4.69) is 41.7 Å². The van der Waals surface area contributed by atoms with Gasteiger partial charge in [-0.3, -0.25) is 9.69 Å². The summed E-state index contributed by atoms with van der Waals surface area (Å²) in [6.07, 6.45) is 0.435. The molecule has 0 bridgehead atoms. The van der Waals surface area contributed by atoms with Crippen LogP contribution < -0.4 is 5.73 Å². The molecule has 0 aliphatic rings. The van der Waals surface area contributed by atoms with Crippen molar-refractivity contribution in [2.75, 3.05) is 20.2 Å². The third-order valence-electron chi connectivity index (χ3n) is 3.34. The van der Waals surface area contributed by atoms with E-state index in [9.17, 15) is 4.79 Å². The van der Waals surface area contributed by atoms with Crippen LogP contribution in [0.3, 0.4) is 0 Å². The number of nitrogens with two attached hydrogens (primary N) is 1. The normalized spacial score (nSPS) is 10.8. The second-order valence-corrected chi connectivity index (χ2v) is 4.66. The standard InChI is InChI=1S/C15H24N2O2/c1-4-17(8-7-15(18)19-3)11-14-6-5-13(10-16)9-12(14)2/h5-6,9H,4,7-8,10-11,16H2,1-3H3. The first-order valence-electron chi connectivity index (χ1n) is 6.68. The lowest BCUT2D eigenvalue weighted by atomic mass is 10.0. The van der Waals surface area contributed by atoms with E-state index < -0.39 is 0 Å². The van der Waals surface area contributed by atoms with Gasteiger partial charge < -0.3 is 10.5 Å². The summed E-state index contributed by atoms with van der Waals surface area (Å²) in [5.74, 6) is -0.159. The first-order chi connectivity index (χ1) is 9.10. The van der Waals surface area contributed by atoms with E-state index >= 15 is 0 Å². The quantitative estimate of drug-likeness (QED) is 0.763. The molecule has 1 aromatic carbocycles. The maximum Gasteiger partial charge on any atom is 0.306 e. The Hall–Kier alpha value is -1.39. The number of nitrogens with zero attached hydrogens (tertiary/aromatic N) is 1. The number of rotatable bonds is 7. The fraction of sp³-hybridized carbons (Fsp3) is 0.533. The van der Waals surface area contributed by atoms with Gasteiger partial charge in [0.25, 0.3) is 0 Å². The van der Waals surface area contributed by atoms with Crippen LogP contribution in [0.5, 0.6) is 0 Å². The second kappa shape index (κ2) is 7.92. The molecule has 0 radical (unpaired) electrons. The smallest absolute Gasteiger partial charge is 0.306 e. The molecular weight excluding hydrogens is 240 g/mol. The highest BCUT2D eigenvalue weighted by atomic mass is 16.5. The van der Waals surface area contributed by atoms with Gasteiger partial charge in [0.05, 0.1) is 13.5 Å². The number of hydrogen-bond acceptors (Lipinski definition) is 4. The van der Waals surface area contributed by atoms with Crippen LogP contribution in [0.15, 0.2) is 18.2 Å². The minimum atomic E-state index is -0.159. The first-order valence-corrected chi connectivity index (χ1v) is 6.68. The van der Waals surface area contributed by atoms with Gasteiger partial charge in [-0.05, 0) is 30.2 Å². The topological polar surface area (TPSA) is 55.6 Å². The van der Waals surface area contributed by atoms with Gasteiger partial charge >= 0.3 is 5.97 Å². The zero-order chi connectivity index (χ0) is 14.3. The number of ether oxygens (including phenoxy) is 1. The number of esters is 1. The lowest BCUT2D eigenvalue weighted by Crippen LogP contribution is -2.26. The molecule has 0 amide bonds. The van der Waals surface area contributed by atoms with E-state index in [-0.39, 0.29) is 5.97 Å². The molecule has 0 aromatic heterocycles. The fourth-order valence-electron chi connectivity index (χ4n) is 2.00. The van der Waals surface area contributed by atoms with Crippen LogP contribution in [0.25, 0.3) is 0 Å². The molecule has 0 aliphatic heterocycles. The molecule has 0 aliphatic carbocycles. The molecule has 1 rings (SSSR count). The average Bonchev–Trinajstić information content (AvgIpc) is 2.44. The Balaban J connectivity index is 2.62. The molecule has 0 fully saturated rings. The van der Waals surface area contributed by atoms with Gasteiger partial charge in [-0.2, -0.15) is 0 Å². The summed E-state index contributed by atoms with van der Waals surface area (Å²) >= 11 is 0. The lowest BCUT2D eigenvalue weighted by Gasteiger charge is -2.21. The summed E-state index contributed by atoms with van der Waals surface area (Å²) in [5, 5.41) is 0. The van der Waals surface area contributed by atoms with Gasteiger partial charge in [0.15, 0.2) is 0 Å². The van der Waals surface area contributed by atoms with Gasteiger partial charge in [0, 0.05) is 19.6 Å². The Kier molecular flexibility index (Phi) is 6.53. The van der Waals surface area contributed by atoms with Crippen LogP contribution in [0.1, 0.15) is 30.0 Å². The van der Waals surface area contributed by atoms with E-state index in [0.717, 1.165) is 25.2 Å². The highest BCUT2D eigenvalue weighted by Crippen LogP contribution is 2.13. The Bertz CT molecular complexity index is 419. The largest absolute Gasteiger partial charge is 0.469 e. The molecule has 0 unspecified atom stereocenters. The van der Waals surface area contributed by atoms with E-state index in [1.807, 2.05) is 0 Å². The maximum absolute atomic E-state index is 11.2. The molecule has 4 nitrogen and oxygen atoms in total. The molecule has 19 heavy (non-hydrogen) atoms. The number of hydrogen-bond donors (Lipinski definition) is 1. The van der Waals surface area contributed by atoms with Crippen LogP contribution in [-0.2, 0) is 22.6 Å². The van der Waals surface area contributed by atoms with Crippen LogP contribution in [-0.4, -0.2) is 31.1 Å². The zero-order valence-electron chi connectivity index (χ0n) is 12.1. The summed E-state index contributed by atoms with van der Waals surface area (Å²) in [5.41, 5.74) is 9.31. The van der Waals surface area contributed by atoms with Crippen LogP contribution in [0.2, 0.25) is 0 Å². The molecular formula is C15H24N2O2. The minimum Gasteiger partial charge on any atom is -0.469 e. The SMILES string of the molecule is CCN(CCC(=O)OC)Cc1ccc(CN)cc1C. The number of aryl methyl sites for hydroxylation is 1. The highest BCUT2D eigenvalue weighted by Gasteiger charge is 2.09. The molecule has 0 atom stereocenters. The van der Waals surface area contributed by atoms with Gasteiger partial charge in [-0.25, -0.2) is 0 Å².